The Morgan fingerprint density at radius 3 is 2.64 bits per heavy atom. The van der Waals surface area contributed by atoms with Crippen LogP contribution < -0.4 is 19.0 Å². The van der Waals surface area contributed by atoms with Gasteiger partial charge in [-0.25, -0.2) is 0 Å². The first-order valence-corrected chi connectivity index (χ1v) is 9.50. The van der Waals surface area contributed by atoms with Crippen LogP contribution in [0.25, 0.3) is 10.2 Å². The lowest BCUT2D eigenvalue weighted by atomic mass is 10.2. The summed E-state index contributed by atoms with van der Waals surface area (Å²) in [5.41, 5.74) is 1.96. The van der Waals surface area contributed by atoms with Gasteiger partial charge in [0.25, 0.3) is 5.91 Å². The summed E-state index contributed by atoms with van der Waals surface area (Å²) >= 11 is 1.40. The fourth-order valence-electron chi connectivity index (χ4n) is 2.78. The molecule has 0 atom stereocenters. The van der Waals surface area contributed by atoms with Gasteiger partial charge in [-0.3, -0.25) is 4.79 Å². The summed E-state index contributed by atoms with van der Waals surface area (Å²) in [6.07, 6.45) is 1.76. The van der Waals surface area contributed by atoms with Crippen molar-refractivity contribution in [1.29, 1.82) is 0 Å². The molecule has 2 aromatic carbocycles. The van der Waals surface area contributed by atoms with Gasteiger partial charge in [0.2, 0.25) is 0 Å². The zero-order valence-electron chi connectivity index (χ0n) is 16.1. The minimum Gasteiger partial charge on any atom is -0.493 e. The average Bonchev–Trinajstić information content (AvgIpc) is 3.01. The Balaban J connectivity index is 1.94. The van der Waals surface area contributed by atoms with Crippen LogP contribution in [0.1, 0.15) is 5.56 Å². The largest absolute Gasteiger partial charge is 0.493 e. The van der Waals surface area contributed by atoms with Gasteiger partial charge >= 0.3 is 0 Å². The molecule has 7 heteroatoms. The van der Waals surface area contributed by atoms with Crippen LogP contribution in [-0.2, 0) is 11.3 Å². The highest BCUT2D eigenvalue weighted by atomic mass is 32.1. The summed E-state index contributed by atoms with van der Waals surface area (Å²) in [7, 11) is 3.18. The molecule has 1 amide bonds. The van der Waals surface area contributed by atoms with Crippen molar-refractivity contribution in [3.63, 3.8) is 0 Å². The van der Waals surface area contributed by atoms with Gasteiger partial charge in [0.05, 0.1) is 24.4 Å². The number of carbonyl (C=O) groups is 1. The third-order valence-corrected chi connectivity index (χ3v) is 5.11. The second-order valence-electron chi connectivity index (χ2n) is 6.07. The van der Waals surface area contributed by atoms with E-state index < -0.39 is 0 Å². The summed E-state index contributed by atoms with van der Waals surface area (Å²) in [4.78, 5) is 17.2. The Bertz CT molecular complexity index is 1080. The molecule has 0 saturated carbocycles. The number of benzene rings is 2. The number of ether oxygens (including phenoxy) is 3. The molecule has 3 rings (SSSR count). The Hall–Kier alpha value is -3.06. The van der Waals surface area contributed by atoms with Crippen LogP contribution in [0.2, 0.25) is 0 Å². The maximum Gasteiger partial charge on any atom is 0.286 e. The molecule has 146 valence electrons. The highest BCUT2D eigenvalue weighted by molar-refractivity contribution is 7.16. The SMILES string of the molecule is C=CCn1c(=NC(=O)COc2cccc(C)c2)sc2cc(OC)c(OC)cc21. The topological polar surface area (TPSA) is 62.1 Å². The molecular formula is C21H22N2O4S. The molecule has 28 heavy (non-hydrogen) atoms. The van der Waals surface area contributed by atoms with Crippen molar-refractivity contribution in [1.82, 2.24) is 4.57 Å². The second kappa shape index (κ2) is 8.75. The normalized spacial score (nSPS) is 11.5. The highest BCUT2D eigenvalue weighted by Crippen LogP contribution is 2.33. The molecule has 0 saturated heterocycles. The predicted octanol–water partition coefficient (Wildman–Crippen LogP) is 3.72. The van der Waals surface area contributed by atoms with Crippen LogP contribution in [0.5, 0.6) is 17.2 Å². The van der Waals surface area contributed by atoms with Gasteiger partial charge in [0.15, 0.2) is 22.9 Å². The summed E-state index contributed by atoms with van der Waals surface area (Å²) in [6, 6.07) is 11.3. The number of aromatic nitrogens is 1. The van der Waals surface area contributed by atoms with E-state index in [2.05, 4.69) is 11.6 Å². The quantitative estimate of drug-likeness (QED) is 0.569. The minimum atomic E-state index is -0.357. The number of carbonyl (C=O) groups excluding carboxylic acids is 1. The van der Waals surface area contributed by atoms with Crippen molar-refractivity contribution < 1.29 is 19.0 Å². The van der Waals surface area contributed by atoms with E-state index in [1.165, 1.54) is 11.3 Å². The molecule has 1 heterocycles. The number of methoxy groups -OCH3 is 2. The van der Waals surface area contributed by atoms with Crippen molar-refractivity contribution >= 4 is 27.5 Å². The average molecular weight is 398 g/mol. The molecule has 0 spiro atoms. The third-order valence-electron chi connectivity index (χ3n) is 4.07. The Morgan fingerprint density at radius 1 is 1.21 bits per heavy atom. The van der Waals surface area contributed by atoms with Gasteiger partial charge in [-0.05, 0) is 24.6 Å². The van der Waals surface area contributed by atoms with E-state index in [0.717, 1.165) is 15.8 Å². The standard InChI is InChI=1S/C21H22N2O4S/c1-5-9-23-16-11-17(25-3)18(26-4)12-19(16)28-21(23)22-20(24)13-27-15-8-6-7-14(2)10-15/h5-8,10-12H,1,9,13H2,2-4H3. The van der Waals surface area contributed by atoms with E-state index in [1.54, 1.807) is 20.3 Å². The molecule has 1 aromatic heterocycles. The third kappa shape index (κ3) is 4.26. The lowest BCUT2D eigenvalue weighted by Crippen LogP contribution is -2.19. The highest BCUT2D eigenvalue weighted by Gasteiger charge is 2.13. The van der Waals surface area contributed by atoms with Crippen molar-refractivity contribution in [2.24, 2.45) is 4.99 Å². The summed E-state index contributed by atoms with van der Waals surface area (Å²) in [5.74, 6) is 1.53. The molecule has 0 aliphatic heterocycles. The number of thiazole rings is 1. The molecule has 0 fully saturated rings. The molecule has 3 aromatic rings. The molecule has 0 aliphatic carbocycles. The van der Waals surface area contributed by atoms with Crippen LogP contribution in [-0.4, -0.2) is 31.3 Å². The first-order chi connectivity index (χ1) is 13.5. The van der Waals surface area contributed by atoms with Gasteiger partial charge in [0.1, 0.15) is 5.75 Å². The molecule has 0 unspecified atom stereocenters. The van der Waals surface area contributed by atoms with Crippen LogP contribution >= 0.6 is 11.3 Å². The van der Waals surface area contributed by atoms with Crippen molar-refractivity contribution in [2.45, 2.75) is 13.5 Å². The number of hydrogen-bond acceptors (Lipinski definition) is 5. The molecule has 0 N–H and O–H groups in total. The molecule has 0 radical (unpaired) electrons. The number of hydrogen-bond donors (Lipinski definition) is 0. The van der Waals surface area contributed by atoms with Gasteiger partial charge < -0.3 is 18.8 Å². The van der Waals surface area contributed by atoms with Gasteiger partial charge in [-0.2, -0.15) is 4.99 Å². The molecular weight excluding hydrogens is 376 g/mol. The first kappa shape index (κ1) is 19.7. The van der Waals surface area contributed by atoms with E-state index in [0.29, 0.717) is 28.6 Å². The lowest BCUT2D eigenvalue weighted by Gasteiger charge is -2.08. The van der Waals surface area contributed by atoms with Crippen LogP contribution in [0.15, 0.2) is 54.0 Å². The molecule has 0 aliphatic rings. The second-order valence-corrected chi connectivity index (χ2v) is 7.08. The smallest absolute Gasteiger partial charge is 0.286 e. The number of aryl methyl sites for hydroxylation is 1. The van der Waals surface area contributed by atoms with Crippen LogP contribution in [0, 0.1) is 6.92 Å². The van der Waals surface area contributed by atoms with Gasteiger partial charge in [-0.15, -0.1) is 6.58 Å². The Morgan fingerprint density at radius 2 is 1.96 bits per heavy atom. The Kier molecular flexibility index (Phi) is 6.16. The summed E-state index contributed by atoms with van der Waals surface area (Å²) in [5, 5.41) is 0. The molecule has 0 bridgehead atoms. The number of fused-ring (bicyclic) bond motifs is 1. The zero-order valence-corrected chi connectivity index (χ0v) is 16.9. The number of allylic oxidation sites excluding steroid dienone is 1. The minimum absolute atomic E-state index is 0.127. The van der Waals surface area contributed by atoms with Crippen molar-refractivity contribution in [3.05, 3.63) is 59.4 Å². The van der Waals surface area contributed by atoms with Crippen molar-refractivity contribution in [2.75, 3.05) is 20.8 Å². The maximum absolute atomic E-state index is 12.4. The zero-order chi connectivity index (χ0) is 20.1. The lowest BCUT2D eigenvalue weighted by molar-refractivity contribution is -0.120. The Labute approximate surface area is 167 Å². The van der Waals surface area contributed by atoms with Crippen LogP contribution in [0.3, 0.4) is 0 Å². The summed E-state index contributed by atoms with van der Waals surface area (Å²) < 4.78 is 19.2. The van der Waals surface area contributed by atoms with Crippen molar-refractivity contribution in [3.8, 4) is 17.2 Å². The fraction of sp³-hybridized carbons (Fsp3) is 0.238. The van der Waals surface area contributed by atoms with Gasteiger partial charge in [0, 0.05) is 18.7 Å². The van der Waals surface area contributed by atoms with E-state index in [1.807, 2.05) is 47.9 Å². The van der Waals surface area contributed by atoms with E-state index >= 15 is 0 Å². The summed E-state index contributed by atoms with van der Waals surface area (Å²) in [6.45, 7) is 6.16. The van der Waals surface area contributed by atoms with E-state index in [9.17, 15) is 4.79 Å². The number of rotatable bonds is 7. The molecule has 6 nitrogen and oxygen atoms in total. The maximum atomic E-state index is 12.4. The fourth-order valence-corrected chi connectivity index (χ4v) is 3.84. The monoisotopic (exact) mass is 398 g/mol. The number of amides is 1. The van der Waals surface area contributed by atoms with E-state index in [-0.39, 0.29) is 12.5 Å². The number of nitrogens with zero attached hydrogens (tertiary/aromatic N) is 2. The predicted molar refractivity (Wildman–Crippen MR) is 110 cm³/mol. The van der Waals surface area contributed by atoms with Gasteiger partial charge in [-0.1, -0.05) is 29.5 Å². The first-order valence-electron chi connectivity index (χ1n) is 8.69. The van der Waals surface area contributed by atoms with E-state index in [4.69, 9.17) is 14.2 Å². The van der Waals surface area contributed by atoms with Crippen LogP contribution in [0.4, 0.5) is 0 Å².